The molecule has 0 saturated heterocycles. The summed E-state index contributed by atoms with van der Waals surface area (Å²) in [5.41, 5.74) is 2.19. The normalized spacial score (nSPS) is 11.9. The van der Waals surface area contributed by atoms with Crippen LogP contribution in [0.25, 0.3) is 16.7 Å². The maximum Gasteiger partial charge on any atom is 0.278 e. The Morgan fingerprint density at radius 3 is 2.85 bits per heavy atom. The first-order valence-corrected chi connectivity index (χ1v) is 6.88. The van der Waals surface area contributed by atoms with Crippen LogP contribution in [0.4, 0.5) is 0 Å². The van der Waals surface area contributed by atoms with Crippen molar-refractivity contribution in [2.75, 3.05) is 0 Å². The highest BCUT2D eigenvalue weighted by Gasteiger charge is 2.17. The standard InChI is InChI=1S/C14H11N3O2S/c1-10-12(16-7-8-20-14(16)15-10)9-13(17(18)19)11-5-3-2-4-6-11/h2-9H,1H3. The fourth-order valence-corrected chi connectivity index (χ4v) is 2.83. The largest absolute Gasteiger partial charge is 0.290 e. The van der Waals surface area contributed by atoms with Gasteiger partial charge >= 0.3 is 0 Å². The summed E-state index contributed by atoms with van der Waals surface area (Å²) >= 11 is 1.51. The van der Waals surface area contributed by atoms with Crippen LogP contribution >= 0.6 is 11.3 Å². The van der Waals surface area contributed by atoms with Crippen LogP contribution < -0.4 is 0 Å². The second-order valence-corrected chi connectivity index (χ2v) is 5.16. The van der Waals surface area contributed by atoms with Crippen LogP contribution in [0.2, 0.25) is 0 Å². The van der Waals surface area contributed by atoms with Crippen molar-refractivity contribution in [3.05, 3.63) is 69.0 Å². The van der Waals surface area contributed by atoms with Gasteiger partial charge in [-0.25, -0.2) is 4.98 Å². The van der Waals surface area contributed by atoms with Gasteiger partial charge in [-0.2, -0.15) is 0 Å². The van der Waals surface area contributed by atoms with E-state index >= 15 is 0 Å². The highest BCUT2D eigenvalue weighted by molar-refractivity contribution is 7.15. The van der Waals surface area contributed by atoms with Crippen molar-refractivity contribution in [3.63, 3.8) is 0 Å². The summed E-state index contributed by atoms with van der Waals surface area (Å²) in [6.07, 6.45) is 3.45. The lowest BCUT2D eigenvalue weighted by Crippen LogP contribution is -1.98. The Morgan fingerprint density at radius 2 is 2.15 bits per heavy atom. The van der Waals surface area contributed by atoms with Gasteiger partial charge in [-0.1, -0.05) is 18.2 Å². The molecule has 0 radical (unpaired) electrons. The first-order valence-electron chi connectivity index (χ1n) is 6.00. The lowest BCUT2D eigenvalue weighted by atomic mass is 10.1. The van der Waals surface area contributed by atoms with E-state index in [1.165, 1.54) is 11.3 Å². The van der Waals surface area contributed by atoms with E-state index in [2.05, 4.69) is 4.98 Å². The Labute approximate surface area is 119 Å². The Hall–Kier alpha value is -2.47. The number of rotatable bonds is 3. The molecule has 6 heteroatoms. The number of thiazole rings is 1. The van der Waals surface area contributed by atoms with E-state index in [1.807, 2.05) is 29.0 Å². The summed E-state index contributed by atoms with van der Waals surface area (Å²) in [6.45, 7) is 1.86. The van der Waals surface area contributed by atoms with Crippen molar-refractivity contribution < 1.29 is 4.92 Å². The molecule has 3 aromatic rings. The zero-order valence-electron chi connectivity index (χ0n) is 10.7. The third-order valence-electron chi connectivity index (χ3n) is 3.02. The fraction of sp³-hybridized carbons (Fsp3) is 0.0714. The van der Waals surface area contributed by atoms with Crippen LogP contribution in [0.1, 0.15) is 17.0 Å². The molecule has 0 aliphatic carbocycles. The Bertz CT molecular complexity index is 802. The van der Waals surface area contributed by atoms with Gasteiger partial charge in [0.2, 0.25) is 0 Å². The summed E-state index contributed by atoms with van der Waals surface area (Å²) in [7, 11) is 0. The molecule has 0 bridgehead atoms. The monoisotopic (exact) mass is 285 g/mol. The van der Waals surface area contributed by atoms with Gasteiger partial charge in [0, 0.05) is 17.7 Å². The fourth-order valence-electron chi connectivity index (χ4n) is 2.07. The molecule has 0 fully saturated rings. The van der Waals surface area contributed by atoms with Crippen LogP contribution in [0.15, 0.2) is 41.9 Å². The molecule has 0 saturated carbocycles. The van der Waals surface area contributed by atoms with Crippen molar-refractivity contribution >= 4 is 28.1 Å². The van der Waals surface area contributed by atoms with Gasteiger partial charge in [0.1, 0.15) is 0 Å². The number of benzene rings is 1. The quantitative estimate of drug-likeness (QED) is 0.546. The van der Waals surface area contributed by atoms with Crippen LogP contribution in [0.5, 0.6) is 0 Å². The van der Waals surface area contributed by atoms with E-state index in [4.69, 9.17) is 0 Å². The number of nitrogens with zero attached hydrogens (tertiary/aromatic N) is 3. The number of aryl methyl sites for hydroxylation is 1. The van der Waals surface area contributed by atoms with E-state index in [1.54, 1.807) is 30.3 Å². The zero-order chi connectivity index (χ0) is 14.1. The summed E-state index contributed by atoms with van der Waals surface area (Å²) in [6, 6.07) is 8.88. The molecule has 2 heterocycles. The number of hydrogen-bond donors (Lipinski definition) is 0. The highest BCUT2D eigenvalue weighted by Crippen LogP contribution is 2.23. The van der Waals surface area contributed by atoms with Gasteiger partial charge in [-0.15, -0.1) is 11.3 Å². The van der Waals surface area contributed by atoms with Crippen molar-refractivity contribution in [2.24, 2.45) is 0 Å². The molecule has 0 N–H and O–H groups in total. The molecule has 0 aliphatic heterocycles. The number of aromatic nitrogens is 2. The van der Waals surface area contributed by atoms with E-state index in [-0.39, 0.29) is 10.6 Å². The van der Waals surface area contributed by atoms with Gasteiger partial charge in [-0.3, -0.25) is 14.5 Å². The molecule has 1 aromatic carbocycles. The average Bonchev–Trinajstić information content (AvgIpc) is 2.98. The molecule has 0 atom stereocenters. The average molecular weight is 285 g/mol. The number of fused-ring (bicyclic) bond motifs is 1. The van der Waals surface area contributed by atoms with E-state index in [9.17, 15) is 10.1 Å². The maximum absolute atomic E-state index is 11.3. The summed E-state index contributed by atoms with van der Waals surface area (Å²) in [4.78, 5) is 16.2. The maximum atomic E-state index is 11.3. The smallest absolute Gasteiger partial charge is 0.278 e. The minimum Gasteiger partial charge on any atom is -0.290 e. The van der Waals surface area contributed by atoms with Crippen LogP contribution in [0, 0.1) is 17.0 Å². The molecule has 2 aromatic heterocycles. The molecule has 3 rings (SSSR count). The lowest BCUT2D eigenvalue weighted by molar-refractivity contribution is -0.374. The third kappa shape index (κ3) is 2.10. The Kier molecular flexibility index (Phi) is 3.08. The molecule has 0 unspecified atom stereocenters. The Balaban J connectivity index is 2.19. The number of nitro groups is 1. The van der Waals surface area contributed by atoms with Gasteiger partial charge < -0.3 is 0 Å². The highest BCUT2D eigenvalue weighted by atomic mass is 32.1. The van der Waals surface area contributed by atoms with Crippen LogP contribution in [-0.2, 0) is 0 Å². The van der Waals surface area contributed by atoms with Crippen LogP contribution in [-0.4, -0.2) is 14.3 Å². The molecular weight excluding hydrogens is 274 g/mol. The SMILES string of the molecule is Cc1nc2sccn2c1C=C(c1ccccc1)[N+](=O)[O-]. The summed E-state index contributed by atoms with van der Waals surface area (Å²) in [5, 5.41) is 13.2. The minimum atomic E-state index is -0.361. The van der Waals surface area contributed by atoms with E-state index < -0.39 is 0 Å². The second-order valence-electron chi connectivity index (χ2n) is 4.29. The number of hydrogen-bond acceptors (Lipinski definition) is 4. The van der Waals surface area contributed by atoms with Gasteiger partial charge in [-0.05, 0) is 19.1 Å². The van der Waals surface area contributed by atoms with Crippen molar-refractivity contribution in [2.45, 2.75) is 6.92 Å². The van der Waals surface area contributed by atoms with Gasteiger partial charge in [0.15, 0.2) is 4.96 Å². The summed E-state index contributed by atoms with van der Waals surface area (Å²) in [5.74, 6) is 0. The van der Waals surface area contributed by atoms with E-state index in [0.717, 1.165) is 16.3 Å². The third-order valence-corrected chi connectivity index (χ3v) is 3.78. The predicted octanol–water partition coefficient (Wildman–Crippen LogP) is 3.48. The summed E-state index contributed by atoms with van der Waals surface area (Å²) < 4.78 is 1.87. The molecule has 5 nitrogen and oxygen atoms in total. The zero-order valence-corrected chi connectivity index (χ0v) is 11.5. The molecule has 0 spiro atoms. The Morgan fingerprint density at radius 1 is 1.40 bits per heavy atom. The first-order chi connectivity index (χ1) is 9.66. The van der Waals surface area contributed by atoms with Crippen molar-refractivity contribution in [1.29, 1.82) is 0 Å². The van der Waals surface area contributed by atoms with Gasteiger partial charge in [0.25, 0.3) is 5.70 Å². The van der Waals surface area contributed by atoms with Crippen molar-refractivity contribution in [1.82, 2.24) is 9.38 Å². The lowest BCUT2D eigenvalue weighted by Gasteiger charge is -1.99. The predicted molar refractivity (Wildman–Crippen MR) is 79.1 cm³/mol. The van der Waals surface area contributed by atoms with E-state index in [0.29, 0.717) is 5.56 Å². The topological polar surface area (TPSA) is 60.4 Å². The second kappa shape index (κ2) is 4.90. The number of imidazole rings is 1. The minimum absolute atomic E-state index is 0.0710. The van der Waals surface area contributed by atoms with Gasteiger partial charge in [0.05, 0.1) is 21.9 Å². The first kappa shape index (κ1) is 12.6. The molecule has 100 valence electrons. The molecular formula is C14H11N3O2S. The molecule has 0 aliphatic rings. The molecule has 0 amide bonds. The molecule has 20 heavy (non-hydrogen) atoms. The van der Waals surface area contributed by atoms with Crippen molar-refractivity contribution in [3.8, 4) is 0 Å². The van der Waals surface area contributed by atoms with Crippen LogP contribution in [0.3, 0.4) is 0 Å².